The van der Waals surface area contributed by atoms with E-state index in [0.29, 0.717) is 5.88 Å². The van der Waals surface area contributed by atoms with E-state index in [-0.39, 0.29) is 5.76 Å². The van der Waals surface area contributed by atoms with E-state index in [9.17, 15) is 4.79 Å². The van der Waals surface area contributed by atoms with Gasteiger partial charge in [-0.05, 0) is 40.1 Å². The van der Waals surface area contributed by atoms with Crippen molar-refractivity contribution in [3.63, 3.8) is 0 Å². The van der Waals surface area contributed by atoms with Gasteiger partial charge in [-0.1, -0.05) is 0 Å². The quantitative estimate of drug-likeness (QED) is 0.787. The molecule has 0 fully saturated rings. The molecule has 0 saturated heterocycles. The number of anilines is 1. The molecule has 0 aromatic carbocycles. The second-order valence-electron chi connectivity index (χ2n) is 4.18. The number of hydrogen-bond donors (Lipinski definition) is 1. The summed E-state index contributed by atoms with van der Waals surface area (Å²) in [5, 5.41) is 8.78. The molecule has 1 rings (SSSR count). The molecule has 0 atom stereocenters. The first-order valence-electron chi connectivity index (χ1n) is 5.77. The summed E-state index contributed by atoms with van der Waals surface area (Å²) in [7, 11) is 4.07. The third-order valence-electron chi connectivity index (χ3n) is 2.53. The van der Waals surface area contributed by atoms with Crippen molar-refractivity contribution in [3.05, 3.63) is 17.9 Å². The molecule has 5 heteroatoms. The Morgan fingerprint density at radius 2 is 2.06 bits per heavy atom. The Morgan fingerprint density at radius 1 is 1.35 bits per heavy atom. The number of furan rings is 1. The molecule has 0 spiro atoms. The molecule has 96 valence electrons. The van der Waals surface area contributed by atoms with Crippen molar-refractivity contribution in [2.45, 2.75) is 13.3 Å². The van der Waals surface area contributed by atoms with E-state index in [0.717, 1.165) is 26.1 Å². The van der Waals surface area contributed by atoms with Gasteiger partial charge in [-0.15, -0.1) is 0 Å². The van der Waals surface area contributed by atoms with E-state index in [2.05, 4.69) is 4.90 Å². The van der Waals surface area contributed by atoms with E-state index in [4.69, 9.17) is 9.52 Å². The van der Waals surface area contributed by atoms with Crippen LogP contribution in [0.3, 0.4) is 0 Å². The van der Waals surface area contributed by atoms with Gasteiger partial charge in [0.1, 0.15) is 0 Å². The van der Waals surface area contributed by atoms with Gasteiger partial charge in [0.15, 0.2) is 5.88 Å². The van der Waals surface area contributed by atoms with Crippen LogP contribution in [0, 0.1) is 0 Å². The lowest BCUT2D eigenvalue weighted by Crippen LogP contribution is -2.26. The van der Waals surface area contributed by atoms with Gasteiger partial charge in [-0.2, -0.15) is 0 Å². The van der Waals surface area contributed by atoms with Crippen LogP contribution in [0.25, 0.3) is 0 Å². The summed E-state index contributed by atoms with van der Waals surface area (Å²) in [5.74, 6) is -0.407. The molecule has 0 radical (unpaired) electrons. The molecule has 0 amide bonds. The third kappa shape index (κ3) is 4.11. The van der Waals surface area contributed by atoms with Gasteiger partial charge in [-0.3, -0.25) is 0 Å². The number of carboxylic acid groups (broad SMARTS) is 1. The Morgan fingerprint density at radius 3 is 2.53 bits per heavy atom. The minimum Gasteiger partial charge on any atom is -0.475 e. The predicted octanol–water partition coefficient (Wildman–Crippen LogP) is 1.76. The van der Waals surface area contributed by atoms with E-state index in [1.54, 1.807) is 6.07 Å². The molecule has 17 heavy (non-hydrogen) atoms. The first kappa shape index (κ1) is 13.6. The fourth-order valence-electron chi connectivity index (χ4n) is 1.61. The van der Waals surface area contributed by atoms with Gasteiger partial charge in [0, 0.05) is 19.2 Å². The SMILES string of the molecule is CCN(CCCN(C)C)c1ccc(C(=O)O)o1. The van der Waals surface area contributed by atoms with Crippen LogP contribution < -0.4 is 4.90 Å². The maximum atomic E-state index is 10.7. The van der Waals surface area contributed by atoms with Crippen LogP contribution in [0.15, 0.2) is 16.5 Å². The molecule has 0 aliphatic rings. The van der Waals surface area contributed by atoms with Crippen molar-refractivity contribution >= 4 is 11.9 Å². The molecule has 5 nitrogen and oxygen atoms in total. The first-order valence-corrected chi connectivity index (χ1v) is 5.77. The van der Waals surface area contributed by atoms with Crippen LogP contribution >= 0.6 is 0 Å². The Labute approximate surface area is 102 Å². The number of carboxylic acids is 1. The van der Waals surface area contributed by atoms with Gasteiger partial charge in [0.25, 0.3) is 0 Å². The van der Waals surface area contributed by atoms with E-state index >= 15 is 0 Å². The zero-order valence-corrected chi connectivity index (χ0v) is 10.6. The van der Waals surface area contributed by atoms with E-state index in [1.165, 1.54) is 6.07 Å². The largest absolute Gasteiger partial charge is 0.475 e. The maximum absolute atomic E-state index is 10.7. The lowest BCUT2D eigenvalue weighted by atomic mass is 10.3. The molecule has 1 N–H and O–H groups in total. The normalized spacial score (nSPS) is 10.8. The topological polar surface area (TPSA) is 56.9 Å². The van der Waals surface area contributed by atoms with Crippen molar-refractivity contribution < 1.29 is 14.3 Å². The van der Waals surface area contributed by atoms with Crippen LogP contribution in [0.1, 0.15) is 23.9 Å². The Kier molecular flexibility index (Phi) is 5.03. The van der Waals surface area contributed by atoms with Crippen molar-refractivity contribution in [2.24, 2.45) is 0 Å². The molecule has 0 aliphatic carbocycles. The monoisotopic (exact) mass is 240 g/mol. The number of rotatable bonds is 7. The van der Waals surface area contributed by atoms with E-state index < -0.39 is 5.97 Å². The van der Waals surface area contributed by atoms with Gasteiger partial charge in [0.2, 0.25) is 5.76 Å². The van der Waals surface area contributed by atoms with Crippen molar-refractivity contribution in [2.75, 3.05) is 38.6 Å². The zero-order chi connectivity index (χ0) is 12.8. The Bertz CT molecular complexity index is 360. The summed E-state index contributed by atoms with van der Waals surface area (Å²) in [6, 6.07) is 3.20. The molecule has 0 bridgehead atoms. The van der Waals surface area contributed by atoms with Crippen molar-refractivity contribution in [3.8, 4) is 0 Å². The second-order valence-corrected chi connectivity index (χ2v) is 4.18. The molecule has 0 aliphatic heterocycles. The van der Waals surface area contributed by atoms with Crippen LogP contribution in [-0.4, -0.2) is 49.7 Å². The van der Waals surface area contributed by atoms with Gasteiger partial charge >= 0.3 is 5.97 Å². The smallest absolute Gasteiger partial charge is 0.371 e. The first-order chi connectivity index (χ1) is 8.04. The summed E-state index contributed by atoms with van der Waals surface area (Å²) in [5.41, 5.74) is 0. The summed E-state index contributed by atoms with van der Waals surface area (Å²) in [6.45, 7) is 4.70. The highest BCUT2D eigenvalue weighted by atomic mass is 16.4. The molecule has 1 aromatic heterocycles. The van der Waals surface area contributed by atoms with Crippen LogP contribution in [0.2, 0.25) is 0 Å². The van der Waals surface area contributed by atoms with Crippen molar-refractivity contribution in [1.29, 1.82) is 0 Å². The van der Waals surface area contributed by atoms with Gasteiger partial charge < -0.3 is 19.3 Å². The second kappa shape index (κ2) is 6.30. The summed E-state index contributed by atoms with van der Waals surface area (Å²) in [6.07, 6.45) is 1.02. The highest BCUT2D eigenvalue weighted by Gasteiger charge is 2.13. The number of carbonyl (C=O) groups is 1. The van der Waals surface area contributed by atoms with Crippen molar-refractivity contribution in [1.82, 2.24) is 4.90 Å². The molecule has 0 unspecified atom stereocenters. The Hall–Kier alpha value is -1.49. The van der Waals surface area contributed by atoms with Crippen LogP contribution in [0.5, 0.6) is 0 Å². The van der Waals surface area contributed by atoms with Gasteiger partial charge in [-0.25, -0.2) is 4.79 Å². The maximum Gasteiger partial charge on any atom is 0.371 e. The molecule has 1 heterocycles. The molecular formula is C12H20N2O3. The van der Waals surface area contributed by atoms with Crippen LogP contribution in [-0.2, 0) is 0 Å². The van der Waals surface area contributed by atoms with E-state index in [1.807, 2.05) is 25.9 Å². The summed E-state index contributed by atoms with van der Waals surface area (Å²) >= 11 is 0. The number of hydrogen-bond acceptors (Lipinski definition) is 4. The fourth-order valence-corrected chi connectivity index (χ4v) is 1.61. The highest BCUT2D eigenvalue weighted by molar-refractivity contribution is 5.84. The highest BCUT2D eigenvalue weighted by Crippen LogP contribution is 2.18. The lowest BCUT2D eigenvalue weighted by molar-refractivity contribution is 0.0663. The number of nitrogens with zero attached hydrogens (tertiary/aromatic N) is 2. The molecule has 1 aromatic rings. The lowest BCUT2D eigenvalue weighted by Gasteiger charge is -2.20. The number of aromatic carboxylic acids is 1. The summed E-state index contributed by atoms with van der Waals surface area (Å²) < 4.78 is 5.27. The average Bonchev–Trinajstić information content (AvgIpc) is 2.73. The minimum absolute atomic E-state index is 0.00828. The zero-order valence-electron chi connectivity index (χ0n) is 10.6. The minimum atomic E-state index is -1.03. The Balaban J connectivity index is 2.56. The molecular weight excluding hydrogens is 220 g/mol. The standard InChI is InChI=1S/C12H20N2O3/c1-4-14(9-5-8-13(2)3)11-7-6-10(17-11)12(15)16/h6-7H,4-5,8-9H2,1-3H3,(H,15,16). The van der Waals surface area contributed by atoms with Crippen LogP contribution in [0.4, 0.5) is 5.88 Å². The summed E-state index contributed by atoms with van der Waals surface area (Å²) in [4.78, 5) is 14.9. The molecule has 0 saturated carbocycles. The predicted molar refractivity (Wildman–Crippen MR) is 66.7 cm³/mol. The fraction of sp³-hybridized carbons (Fsp3) is 0.583. The average molecular weight is 240 g/mol. The van der Waals surface area contributed by atoms with Gasteiger partial charge in [0.05, 0.1) is 0 Å². The third-order valence-corrected chi connectivity index (χ3v) is 2.53.